The van der Waals surface area contributed by atoms with Crippen LogP contribution < -0.4 is 10.6 Å². The zero-order valence-corrected chi connectivity index (χ0v) is 25.8. The van der Waals surface area contributed by atoms with Crippen molar-refractivity contribution < 1.29 is 9.59 Å². The number of halogens is 1. The van der Waals surface area contributed by atoms with E-state index in [1.807, 2.05) is 35.0 Å². The van der Waals surface area contributed by atoms with Crippen LogP contribution in [0.2, 0.25) is 5.02 Å². The van der Waals surface area contributed by atoms with E-state index < -0.39 is 0 Å². The van der Waals surface area contributed by atoms with Crippen LogP contribution in [0, 0.1) is 0 Å². The number of fused-ring (bicyclic) bond motifs is 3. The molecule has 0 spiro atoms. The Morgan fingerprint density at radius 1 is 1.00 bits per heavy atom. The number of amides is 2. The SMILES string of the molecule is CC(=O)Nc1nc2c(s1)-c1c(c(-c3ccccc3)nn1-c1ccc(C(=O)N[C@H]3CC[C@@H](N4CCCC4)CC3)c(Cl)c1)CC2. The van der Waals surface area contributed by atoms with Gasteiger partial charge in [0, 0.05) is 30.1 Å². The lowest BCUT2D eigenvalue weighted by atomic mass is 9.90. The Balaban J connectivity index is 1.17. The number of hydrogen-bond acceptors (Lipinski definition) is 6. The van der Waals surface area contributed by atoms with Gasteiger partial charge in [-0.2, -0.15) is 5.10 Å². The van der Waals surface area contributed by atoms with E-state index in [2.05, 4.69) is 27.7 Å². The van der Waals surface area contributed by atoms with Crippen molar-refractivity contribution in [3.05, 3.63) is 70.4 Å². The van der Waals surface area contributed by atoms with Gasteiger partial charge in [-0.05, 0) is 82.7 Å². The Kier molecular flexibility index (Phi) is 7.80. The van der Waals surface area contributed by atoms with E-state index in [4.69, 9.17) is 21.7 Å². The topological polar surface area (TPSA) is 92.1 Å². The summed E-state index contributed by atoms with van der Waals surface area (Å²) in [4.78, 5) is 33.4. The Hall–Kier alpha value is -3.53. The third-order valence-electron chi connectivity index (χ3n) is 8.97. The number of aryl methyl sites for hydroxylation is 1. The molecule has 10 heteroatoms. The quantitative estimate of drug-likeness (QED) is 0.258. The first-order valence-corrected chi connectivity index (χ1v) is 16.4. The van der Waals surface area contributed by atoms with Crippen molar-refractivity contribution in [1.29, 1.82) is 0 Å². The van der Waals surface area contributed by atoms with Crippen LogP contribution in [0.4, 0.5) is 5.13 Å². The number of rotatable bonds is 6. The van der Waals surface area contributed by atoms with Crippen molar-refractivity contribution in [1.82, 2.24) is 25.0 Å². The molecule has 1 saturated heterocycles. The summed E-state index contributed by atoms with van der Waals surface area (Å²) in [6.45, 7) is 3.93. The minimum absolute atomic E-state index is 0.127. The highest BCUT2D eigenvalue weighted by atomic mass is 35.5. The Morgan fingerprint density at radius 2 is 1.77 bits per heavy atom. The number of likely N-dealkylation sites (tertiary alicyclic amines) is 1. The zero-order chi connectivity index (χ0) is 29.5. The van der Waals surface area contributed by atoms with Crippen molar-refractivity contribution in [3.8, 4) is 27.5 Å². The number of carbonyl (C=O) groups is 2. The number of benzene rings is 2. The van der Waals surface area contributed by atoms with Gasteiger partial charge in [0.25, 0.3) is 5.91 Å². The molecule has 2 aromatic carbocycles. The van der Waals surface area contributed by atoms with Crippen molar-refractivity contribution in [2.24, 2.45) is 0 Å². The zero-order valence-electron chi connectivity index (χ0n) is 24.2. The fourth-order valence-corrected chi connectivity index (χ4v) is 8.24. The normalized spacial score (nSPS) is 20.0. The van der Waals surface area contributed by atoms with E-state index in [0.29, 0.717) is 21.8 Å². The molecule has 2 fully saturated rings. The van der Waals surface area contributed by atoms with Crippen LogP contribution in [-0.4, -0.2) is 56.7 Å². The predicted molar refractivity (Wildman–Crippen MR) is 171 cm³/mol. The van der Waals surface area contributed by atoms with Crippen LogP contribution in [0.15, 0.2) is 48.5 Å². The summed E-state index contributed by atoms with van der Waals surface area (Å²) in [5.41, 5.74) is 6.24. The second-order valence-electron chi connectivity index (χ2n) is 11.8. The van der Waals surface area contributed by atoms with Crippen LogP contribution in [0.5, 0.6) is 0 Å². The Labute approximate surface area is 260 Å². The Morgan fingerprint density at radius 3 is 2.49 bits per heavy atom. The Bertz CT molecular complexity index is 1670. The largest absolute Gasteiger partial charge is 0.349 e. The summed E-state index contributed by atoms with van der Waals surface area (Å²) in [6, 6.07) is 16.5. The van der Waals surface area contributed by atoms with E-state index >= 15 is 0 Å². The van der Waals surface area contributed by atoms with Crippen molar-refractivity contribution in [3.63, 3.8) is 0 Å². The van der Waals surface area contributed by atoms with Crippen molar-refractivity contribution in [2.45, 2.75) is 70.4 Å². The van der Waals surface area contributed by atoms with Crippen molar-refractivity contribution >= 4 is 39.9 Å². The van der Waals surface area contributed by atoms with Gasteiger partial charge in [0.2, 0.25) is 5.91 Å². The molecule has 0 atom stereocenters. The van der Waals surface area contributed by atoms with Crippen LogP contribution in [-0.2, 0) is 17.6 Å². The molecule has 2 N–H and O–H groups in total. The number of hydrogen-bond donors (Lipinski definition) is 2. The summed E-state index contributed by atoms with van der Waals surface area (Å²) in [7, 11) is 0. The molecule has 7 rings (SSSR count). The molecule has 2 aliphatic carbocycles. The molecule has 0 bridgehead atoms. The van der Waals surface area contributed by atoms with Crippen LogP contribution in [0.25, 0.3) is 27.5 Å². The predicted octanol–water partition coefficient (Wildman–Crippen LogP) is 6.51. The summed E-state index contributed by atoms with van der Waals surface area (Å²) < 4.78 is 1.92. The molecule has 3 heterocycles. The fraction of sp³-hybridized carbons (Fsp3) is 0.394. The average Bonchev–Trinajstić information content (AvgIpc) is 3.76. The van der Waals surface area contributed by atoms with Crippen LogP contribution in [0.3, 0.4) is 0 Å². The highest BCUT2D eigenvalue weighted by Crippen LogP contribution is 2.44. The van der Waals surface area contributed by atoms with Gasteiger partial charge in [-0.1, -0.05) is 53.3 Å². The molecule has 1 saturated carbocycles. The van der Waals surface area contributed by atoms with Gasteiger partial charge in [-0.3, -0.25) is 9.59 Å². The molecule has 43 heavy (non-hydrogen) atoms. The average molecular weight is 615 g/mol. The van der Waals surface area contributed by atoms with Gasteiger partial charge >= 0.3 is 0 Å². The van der Waals surface area contributed by atoms with E-state index in [-0.39, 0.29) is 17.9 Å². The van der Waals surface area contributed by atoms with Crippen LogP contribution >= 0.6 is 22.9 Å². The molecule has 0 unspecified atom stereocenters. The molecular formula is C33H35ClN6O2S. The fourth-order valence-electron chi connectivity index (χ4n) is 6.86. The number of anilines is 1. The molecular weight excluding hydrogens is 580 g/mol. The summed E-state index contributed by atoms with van der Waals surface area (Å²) >= 11 is 8.26. The minimum Gasteiger partial charge on any atom is -0.349 e. The maximum atomic E-state index is 13.3. The molecule has 1 aliphatic heterocycles. The first kappa shape index (κ1) is 28.3. The number of carbonyl (C=O) groups excluding carboxylic acids is 2. The lowest BCUT2D eigenvalue weighted by molar-refractivity contribution is -0.114. The van der Waals surface area contributed by atoms with Gasteiger partial charge in [0.15, 0.2) is 5.13 Å². The van der Waals surface area contributed by atoms with Gasteiger partial charge in [-0.25, -0.2) is 9.67 Å². The number of aromatic nitrogens is 3. The van der Waals surface area contributed by atoms with Gasteiger partial charge < -0.3 is 15.5 Å². The van der Waals surface area contributed by atoms with Crippen LogP contribution in [0.1, 0.15) is 67.1 Å². The third kappa shape index (κ3) is 5.61. The van der Waals surface area contributed by atoms with E-state index in [0.717, 1.165) is 77.3 Å². The number of nitrogens with one attached hydrogen (secondary N) is 2. The molecule has 3 aliphatic rings. The van der Waals surface area contributed by atoms with E-state index in [1.165, 1.54) is 44.2 Å². The molecule has 2 aromatic heterocycles. The lowest BCUT2D eigenvalue weighted by Crippen LogP contribution is -2.43. The maximum absolute atomic E-state index is 13.3. The monoisotopic (exact) mass is 614 g/mol. The van der Waals surface area contributed by atoms with Gasteiger partial charge in [-0.15, -0.1) is 0 Å². The summed E-state index contributed by atoms with van der Waals surface area (Å²) in [6.07, 6.45) is 8.44. The number of thiazole rings is 1. The lowest BCUT2D eigenvalue weighted by Gasteiger charge is -2.34. The van der Waals surface area contributed by atoms with Gasteiger partial charge in [0.1, 0.15) is 0 Å². The van der Waals surface area contributed by atoms with Crippen molar-refractivity contribution in [2.75, 3.05) is 18.4 Å². The van der Waals surface area contributed by atoms with Gasteiger partial charge in [0.05, 0.1) is 38.2 Å². The first-order chi connectivity index (χ1) is 20.9. The standard InChI is InChI=1S/C33H35ClN6O2S/c1-20(41)35-33-37-28-16-15-26-29(21-7-3-2-4-8-21)38-40(30(26)31(28)43-33)24-13-14-25(27(34)19-24)32(42)36-22-9-11-23(12-10-22)39-17-5-6-18-39/h2-4,7-8,13-14,19,22-23H,5-6,9-12,15-18H2,1H3,(H,36,42)(H,35,37,41)/t22-,23+. The highest BCUT2D eigenvalue weighted by Gasteiger charge is 2.31. The smallest absolute Gasteiger partial charge is 0.253 e. The summed E-state index contributed by atoms with van der Waals surface area (Å²) in [5, 5.41) is 12.2. The molecule has 2 amide bonds. The molecule has 4 aromatic rings. The number of nitrogens with zero attached hydrogens (tertiary/aromatic N) is 4. The maximum Gasteiger partial charge on any atom is 0.253 e. The van der Waals surface area contributed by atoms with E-state index in [1.54, 1.807) is 6.07 Å². The third-order valence-corrected chi connectivity index (χ3v) is 10.3. The minimum atomic E-state index is -0.148. The molecule has 8 nitrogen and oxygen atoms in total. The highest BCUT2D eigenvalue weighted by molar-refractivity contribution is 7.19. The van der Waals surface area contributed by atoms with E-state index in [9.17, 15) is 9.59 Å². The second-order valence-corrected chi connectivity index (χ2v) is 13.2. The first-order valence-electron chi connectivity index (χ1n) is 15.2. The second kappa shape index (κ2) is 11.9. The molecule has 0 radical (unpaired) electrons. The summed E-state index contributed by atoms with van der Waals surface area (Å²) in [5.74, 6) is -0.275. The molecule has 222 valence electrons.